The van der Waals surface area contributed by atoms with Crippen LogP contribution in [0.3, 0.4) is 0 Å². The summed E-state index contributed by atoms with van der Waals surface area (Å²) in [5, 5.41) is 0. The van der Waals surface area contributed by atoms with Gasteiger partial charge in [-0.25, -0.2) is 9.37 Å². The molecule has 1 aliphatic carbocycles. The minimum Gasteiger partial charge on any atom is -0.330 e. The largest absolute Gasteiger partial charge is 0.330 e. The van der Waals surface area contributed by atoms with E-state index in [9.17, 15) is 9.18 Å². The van der Waals surface area contributed by atoms with Crippen LogP contribution in [0.15, 0.2) is 42.9 Å². The Balaban J connectivity index is 1.87. The van der Waals surface area contributed by atoms with Crippen molar-refractivity contribution in [2.45, 2.75) is 44.7 Å². The Labute approximate surface area is 135 Å². The monoisotopic (exact) mass is 313 g/mol. The van der Waals surface area contributed by atoms with E-state index in [-0.39, 0.29) is 24.3 Å². The van der Waals surface area contributed by atoms with Crippen LogP contribution >= 0.6 is 0 Å². The number of halogens is 1. The third kappa shape index (κ3) is 3.73. The third-order valence-electron chi connectivity index (χ3n) is 4.36. The van der Waals surface area contributed by atoms with E-state index in [2.05, 4.69) is 9.97 Å². The van der Waals surface area contributed by atoms with Crippen molar-refractivity contribution in [1.82, 2.24) is 14.9 Å². The molecule has 0 N–H and O–H groups in total. The van der Waals surface area contributed by atoms with Crippen LogP contribution < -0.4 is 0 Å². The number of hydrogen-bond acceptors (Lipinski definition) is 3. The van der Waals surface area contributed by atoms with Gasteiger partial charge in [-0.3, -0.25) is 9.78 Å². The Morgan fingerprint density at radius 2 is 1.96 bits per heavy atom. The molecule has 0 bridgehead atoms. The first-order valence-electron chi connectivity index (χ1n) is 8.06. The first-order chi connectivity index (χ1) is 11.3. The van der Waals surface area contributed by atoms with Gasteiger partial charge < -0.3 is 4.90 Å². The van der Waals surface area contributed by atoms with E-state index in [1.807, 2.05) is 0 Å². The van der Waals surface area contributed by atoms with Gasteiger partial charge in [0, 0.05) is 30.5 Å². The second-order valence-corrected chi connectivity index (χ2v) is 5.91. The lowest BCUT2D eigenvalue weighted by atomic mass is 9.93. The number of rotatable bonds is 4. The van der Waals surface area contributed by atoms with Crippen molar-refractivity contribution in [2.75, 3.05) is 0 Å². The second-order valence-electron chi connectivity index (χ2n) is 5.91. The van der Waals surface area contributed by atoms with Gasteiger partial charge >= 0.3 is 0 Å². The summed E-state index contributed by atoms with van der Waals surface area (Å²) in [5.74, 6) is -0.450. The van der Waals surface area contributed by atoms with Crippen LogP contribution in [0.4, 0.5) is 4.39 Å². The topological polar surface area (TPSA) is 46.1 Å². The number of benzene rings is 1. The summed E-state index contributed by atoms with van der Waals surface area (Å²) in [5.41, 5.74) is 0.852. The molecule has 0 unspecified atom stereocenters. The van der Waals surface area contributed by atoms with Gasteiger partial charge in [0.05, 0.1) is 6.20 Å². The fourth-order valence-electron chi connectivity index (χ4n) is 3.13. The average Bonchev–Trinajstić information content (AvgIpc) is 2.62. The number of amides is 1. The number of hydrogen-bond donors (Lipinski definition) is 0. The molecule has 1 saturated carbocycles. The molecule has 0 atom stereocenters. The zero-order valence-corrected chi connectivity index (χ0v) is 13.0. The highest BCUT2D eigenvalue weighted by Crippen LogP contribution is 2.25. The molecule has 23 heavy (non-hydrogen) atoms. The first-order valence-corrected chi connectivity index (χ1v) is 8.06. The Hall–Kier alpha value is -2.30. The van der Waals surface area contributed by atoms with Crippen molar-refractivity contribution in [1.29, 1.82) is 0 Å². The van der Waals surface area contributed by atoms with Crippen molar-refractivity contribution in [3.63, 3.8) is 0 Å². The Morgan fingerprint density at radius 1 is 1.17 bits per heavy atom. The third-order valence-corrected chi connectivity index (χ3v) is 4.36. The molecule has 1 amide bonds. The fourth-order valence-corrected chi connectivity index (χ4v) is 3.13. The average molecular weight is 313 g/mol. The van der Waals surface area contributed by atoms with Crippen molar-refractivity contribution < 1.29 is 9.18 Å². The number of carbonyl (C=O) groups is 1. The lowest BCUT2D eigenvalue weighted by Gasteiger charge is -2.34. The number of aromatic nitrogens is 2. The van der Waals surface area contributed by atoms with Gasteiger partial charge in [0.2, 0.25) is 0 Å². The molecule has 1 fully saturated rings. The van der Waals surface area contributed by atoms with E-state index in [1.54, 1.807) is 29.3 Å². The van der Waals surface area contributed by atoms with E-state index in [0.29, 0.717) is 11.3 Å². The van der Waals surface area contributed by atoms with Gasteiger partial charge in [-0.15, -0.1) is 0 Å². The van der Waals surface area contributed by atoms with Crippen LogP contribution in [0.1, 0.15) is 48.2 Å². The van der Waals surface area contributed by atoms with Gasteiger partial charge in [-0.05, 0) is 18.9 Å². The molecule has 4 nitrogen and oxygen atoms in total. The van der Waals surface area contributed by atoms with E-state index >= 15 is 0 Å². The summed E-state index contributed by atoms with van der Waals surface area (Å²) < 4.78 is 14.0. The molecule has 1 heterocycles. The maximum absolute atomic E-state index is 14.0. The highest BCUT2D eigenvalue weighted by atomic mass is 19.1. The standard InChI is InChI=1S/C18H20FN3O/c19-16-9-5-4-6-14(16)13-22(15-7-2-1-3-8-15)18(23)17-12-20-10-11-21-17/h4-6,9-12,15H,1-3,7-8,13H2. The maximum atomic E-state index is 14.0. The van der Waals surface area contributed by atoms with Gasteiger partial charge in [-0.2, -0.15) is 0 Å². The highest BCUT2D eigenvalue weighted by Gasteiger charge is 2.27. The molecule has 1 aliphatic rings. The molecule has 0 radical (unpaired) electrons. The van der Waals surface area contributed by atoms with Gasteiger partial charge in [-0.1, -0.05) is 37.5 Å². The zero-order chi connectivity index (χ0) is 16.1. The van der Waals surface area contributed by atoms with Crippen molar-refractivity contribution in [3.8, 4) is 0 Å². The van der Waals surface area contributed by atoms with E-state index in [4.69, 9.17) is 0 Å². The maximum Gasteiger partial charge on any atom is 0.274 e. The van der Waals surface area contributed by atoms with Crippen LogP contribution in [0, 0.1) is 5.82 Å². The quantitative estimate of drug-likeness (QED) is 0.866. The zero-order valence-electron chi connectivity index (χ0n) is 13.0. The molecule has 5 heteroatoms. The minimum atomic E-state index is -0.278. The van der Waals surface area contributed by atoms with E-state index in [0.717, 1.165) is 25.7 Å². The van der Waals surface area contributed by atoms with Crippen LogP contribution in [-0.2, 0) is 6.54 Å². The van der Waals surface area contributed by atoms with Crippen molar-refractivity contribution in [3.05, 3.63) is 59.9 Å². The summed E-state index contributed by atoms with van der Waals surface area (Å²) in [6.45, 7) is 0.271. The van der Waals surface area contributed by atoms with Crippen LogP contribution in [-0.4, -0.2) is 26.8 Å². The van der Waals surface area contributed by atoms with Crippen LogP contribution in [0.5, 0.6) is 0 Å². The molecule has 0 aliphatic heterocycles. The molecular weight excluding hydrogens is 293 g/mol. The number of carbonyl (C=O) groups excluding carboxylic acids is 1. The van der Waals surface area contributed by atoms with E-state index < -0.39 is 0 Å². The molecule has 3 rings (SSSR count). The summed E-state index contributed by atoms with van der Waals surface area (Å²) in [4.78, 5) is 22.7. The predicted molar refractivity (Wildman–Crippen MR) is 85.2 cm³/mol. The smallest absolute Gasteiger partial charge is 0.274 e. The fraction of sp³-hybridized carbons (Fsp3) is 0.389. The molecule has 0 spiro atoms. The first kappa shape index (κ1) is 15.6. The Kier molecular flexibility index (Phi) is 4.95. The molecule has 0 saturated heterocycles. The highest BCUT2D eigenvalue weighted by molar-refractivity contribution is 5.92. The van der Waals surface area contributed by atoms with Gasteiger partial charge in [0.15, 0.2) is 0 Å². The molecule has 1 aromatic carbocycles. The van der Waals surface area contributed by atoms with Crippen LogP contribution in [0.2, 0.25) is 0 Å². The molecule has 120 valence electrons. The summed E-state index contributed by atoms with van der Waals surface area (Å²) in [6, 6.07) is 6.76. The Morgan fingerprint density at radius 3 is 2.65 bits per heavy atom. The SMILES string of the molecule is O=C(c1cnccn1)N(Cc1ccccc1F)C1CCCCC1. The lowest BCUT2D eigenvalue weighted by molar-refractivity contribution is 0.0605. The van der Waals surface area contributed by atoms with Crippen LogP contribution in [0.25, 0.3) is 0 Å². The lowest BCUT2D eigenvalue weighted by Crippen LogP contribution is -2.41. The molecule has 1 aromatic heterocycles. The summed E-state index contributed by atoms with van der Waals surface area (Å²) >= 11 is 0. The molecular formula is C18H20FN3O. The normalized spacial score (nSPS) is 15.3. The van der Waals surface area contributed by atoms with Crippen molar-refractivity contribution in [2.24, 2.45) is 0 Å². The predicted octanol–water partition coefficient (Wildman–Crippen LogP) is 3.59. The van der Waals surface area contributed by atoms with Gasteiger partial charge in [0.1, 0.15) is 11.5 Å². The van der Waals surface area contributed by atoms with E-state index in [1.165, 1.54) is 24.9 Å². The number of nitrogens with zero attached hydrogens (tertiary/aromatic N) is 3. The summed E-state index contributed by atoms with van der Waals surface area (Å²) in [7, 11) is 0. The minimum absolute atomic E-state index is 0.137. The van der Waals surface area contributed by atoms with Crippen molar-refractivity contribution >= 4 is 5.91 Å². The second kappa shape index (κ2) is 7.31. The molecule has 2 aromatic rings. The Bertz CT molecular complexity index is 656. The summed E-state index contributed by atoms with van der Waals surface area (Å²) in [6.07, 6.45) is 9.84. The van der Waals surface area contributed by atoms with Gasteiger partial charge in [0.25, 0.3) is 5.91 Å².